The van der Waals surface area contributed by atoms with Gasteiger partial charge in [-0.25, -0.2) is 4.39 Å². The largest absolute Gasteiger partial charge is 0.459 e. The van der Waals surface area contributed by atoms with Crippen molar-refractivity contribution in [3.05, 3.63) is 35.6 Å². The summed E-state index contributed by atoms with van der Waals surface area (Å²) in [5.41, 5.74) is 8.33. The van der Waals surface area contributed by atoms with Crippen molar-refractivity contribution in [2.45, 2.75) is 159 Å². The van der Waals surface area contributed by atoms with E-state index in [1.54, 1.807) is 26.0 Å². The van der Waals surface area contributed by atoms with Crippen LogP contribution in [0.1, 0.15) is 92.7 Å². The fraction of sp³-hybridized carbons (Fsp3) is 0.821. The van der Waals surface area contributed by atoms with Crippen LogP contribution in [0.3, 0.4) is 0 Å². The highest BCUT2D eigenvalue weighted by atomic mass is 19.1. The second-order valence-electron chi connectivity index (χ2n) is 16.8. The number of esters is 1. The Morgan fingerprint density at radius 1 is 1.08 bits per heavy atom. The molecule has 4 unspecified atom stereocenters. The Hall–Kier alpha value is -1.78. The molecule has 0 spiro atoms. The molecule has 17 atom stereocenters. The zero-order chi connectivity index (χ0) is 38.3. The molecule has 5 rings (SSSR count). The molecule has 4 fully saturated rings. The fourth-order valence-corrected chi connectivity index (χ4v) is 9.32. The number of likely N-dealkylation sites (N-methyl/N-ethyl adjacent to an activating group) is 1. The van der Waals surface area contributed by atoms with Gasteiger partial charge in [0.2, 0.25) is 0 Å². The Morgan fingerprint density at radius 2 is 1.75 bits per heavy atom. The van der Waals surface area contributed by atoms with E-state index in [1.807, 2.05) is 60.5 Å². The molecule has 1 aromatic carbocycles. The van der Waals surface area contributed by atoms with E-state index in [1.165, 1.54) is 12.1 Å². The first kappa shape index (κ1) is 41.4. The number of hydrogen-bond acceptors (Lipinski definition) is 12. The Bertz CT molecular complexity index is 1340. The Balaban J connectivity index is 1.49. The highest BCUT2D eigenvalue weighted by Gasteiger charge is 2.57. The molecule has 4 aliphatic rings. The highest BCUT2D eigenvalue weighted by Crippen LogP contribution is 2.45. The maximum absolute atomic E-state index is 14.2. The number of fused-ring (bicyclic) bond motifs is 2. The SMILES string of the molecule is CC[C@@H]1OC(=O)[C@H](C)[C@@H](OCC2CC(c3ccc(F)cc3)NO2)[C@H](C)[C@@H](OC2O[C@H](C)C[C@H](N(C)C)[C@H]2O)[C@](C)(O)C[C@@H](C)[C@H]2OC1(C)[C@@H](N)[C@@H]2C. The van der Waals surface area contributed by atoms with Crippen molar-refractivity contribution < 1.29 is 47.9 Å². The quantitative estimate of drug-likeness (QED) is 0.287. The van der Waals surface area contributed by atoms with Crippen molar-refractivity contribution in [2.75, 3.05) is 20.7 Å². The number of nitrogens with one attached hydrogen (secondary N) is 1. The van der Waals surface area contributed by atoms with Gasteiger partial charge < -0.3 is 44.5 Å². The summed E-state index contributed by atoms with van der Waals surface area (Å²) < 4.78 is 46.3. The molecule has 0 radical (unpaired) electrons. The van der Waals surface area contributed by atoms with E-state index in [0.29, 0.717) is 19.3 Å². The number of benzene rings is 1. The number of hydrogen-bond donors (Lipinski definition) is 4. The number of nitrogens with zero attached hydrogens (tertiary/aromatic N) is 1. The van der Waals surface area contributed by atoms with Gasteiger partial charge in [0, 0.05) is 23.9 Å². The van der Waals surface area contributed by atoms with E-state index in [9.17, 15) is 19.4 Å². The van der Waals surface area contributed by atoms with Crippen LogP contribution >= 0.6 is 0 Å². The number of ether oxygens (including phenoxy) is 5. The van der Waals surface area contributed by atoms with E-state index in [2.05, 4.69) is 5.48 Å². The third-order valence-corrected chi connectivity index (χ3v) is 12.4. The van der Waals surface area contributed by atoms with Gasteiger partial charge in [0.1, 0.15) is 29.7 Å². The van der Waals surface area contributed by atoms with Crippen LogP contribution in [0.2, 0.25) is 0 Å². The molecule has 2 bridgehead atoms. The average molecular weight is 738 g/mol. The zero-order valence-electron chi connectivity index (χ0n) is 32.7. The molecule has 0 aromatic heterocycles. The maximum Gasteiger partial charge on any atom is 0.311 e. The molecule has 4 heterocycles. The van der Waals surface area contributed by atoms with E-state index in [-0.39, 0.29) is 61.1 Å². The topological polar surface area (TPSA) is 154 Å². The molecule has 4 aliphatic heterocycles. The van der Waals surface area contributed by atoms with Gasteiger partial charge in [0.15, 0.2) is 6.29 Å². The second-order valence-corrected chi connectivity index (χ2v) is 16.8. The molecule has 0 saturated carbocycles. The summed E-state index contributed by atoms with van der Waals surface area (Å²) >= 11 is 0. The van der Waals surface area contributed by atoms with Crippen LogP contribution in [-0.2, 0) is 33.3 Å². The summed E-state index contributed by atoms with van der Waals surface area (Å²) in [5, 5.41) is 24.1. The van der Waals surface area contributed by atoms with Crippen LogP contribution in [0.25, 0.3) is 0 Å². The normalized spacial score (nSPS) is 46.4. The predicted octanol–water partition coefficient (Wildman–Crippen LogP) is 3.86. The van der Waals surface area contributed by atoms with E-state index < -0.39 is 65.8 Å². The number of hydroxylamine groups is 1. The van der Waals surface area contributed by atoms with Crippen LogP contribution in [0.15, 0.2) is 24.3 Å². The molecule has 296 valence electrons. The molecule has 1 aromatic rings. The van der Waals surface area contributed by atoms with Crippen molar-refractivity contribution in [1.29, 1.82) is 0 Å². The minimum absolute atomic E-state index is 0.0826. The summed E-state index contributed by atoms with van der Waals surface area (Å²) in [7, 11) is 3.82. The predicted molar refractivity (Wildman–Crippen MR) is 192 cm³/mol. The molecule has 52 heavy (non-hydrogen) atoms. The zero-order valence-corrected chi connectivity index (χ0v) is 32.7. The van der Waals surface area contributed by atoms with Crippen molar-refractivity contribution in [1.82, 2.24) is 10.4 Å². The summed E-state index contributed by atoms with van der Waals surface area (Å²) in [6.45, 7) is 15.4. The molecule has 12 nitrogen and oxygen atoms in total. The molecular weight excluding hydrogens is 673 g/mol. The molecule has 13 heteroatoms. The molecule has 0 amide bonds. The van der Waals surface area contributed by atoms with Gasteiger partial charge >= 0.3 is 5.97 Å². The summed E-state index contributed by atoms with van der Waals surface area (Å²) in [5.74, 6) is -2.47. The Labute approximate surface area is 309 Å². The van der Waals surface area contributed by atoms with Gasteiger partial charge in [-0.2, -0.15) is 5.48 Å². The Kier molecular flexibility index (Phi) is 13.2. The van der Waals surface area contributed by atoms with Gasteiger partial charge in [-0.05, 0) is 91.1 Å². The summed E-state index contributed by atoms with van der Waals surface area (Å²) in [6, 6.07) is 5.45. The van der Waals surface area contributed by atoms with Gasteiger partial charge in [-0.15, -0.1) is 0 Å². The number of aliphatic hydroxyl groups is 2. The van der Waals surface area contributed by atoms with Crippen molar-refractivity contribution in [2.24, 2.45) is 29.4 Å². The number of carbonyl (C=O) groups excluding carboxylic acids is 1. The number of carbonyl (C=O) groups is 1. The fourth-order valence-electron chi connectivity index (χ4n) is 9.32. The minimum atomic E-state index is -1.50. The number of nitrogens with two attached hydrogens (primary N) is 1. The molecule has 0 aliphatic carbocycles. The summed E-state index contributed by atoms with van der Waals surface area (Å²) in [4.78, 5) is 22.1. The van der Waals surface area contributed by atoms with Gasteiger partial charge in [-0.1, -0.05) is 39.8 Å². The number of cyclic esters (lactones) is 1. The molecular formula is C39H64FN3O9. The highest BCUT2D eigenvalue weighted by molar-refractivity contribution is 5.73. The average Bonchev–Trinajstić information content (AvgIpc) is 3.65. The van der Waals surface area contributed by atoms with Crippen LogP contribution in [0.5, 0.6) is 0 Å². The number of halogens is 1. The lowest BCUT2D eigenvalue weighted by Gasteiger charge is -2.47. The van der Waals surface area contributed by atoms with Crippen molar-refractivity contribution in [3.63, 3.8) is 0 Å². The lowest BCUT2D eigenvalue weighted by atomic mass is 9.75. The van der Waals surface area contributed by atoms with Gasteiger partial charge in [-0.3, -0.25) is 9.63 Å². The first-order valence-corrected chi connectivity index (χ1v) is 19.2. The minimum Gasteiger partial charge on any atom is -0.459 e. The first-order chi connectivity index (χ1) is 24.4. The van der Waals surface area contributed by atoms with Gasteiger partial charge in [0.25, 0.3) is 0 Å². The number of aliphatic hydroxyl groups excluding tert-OH is 1. The van der Waals surface area contributed by atoms with Crippen LogP contribution in [0.4, 0.5) is 4.39 Å². The van der Waals surface area contributed by atoms with Crippen LogP contribution in [-0.4, -0.2) is 114 Å². The lowest BCUT2D eigenvalue weighted by molar-refractivity contribution is -0.300. The Morgan fingerprint density at radius 3 is 2.38 bits per heavy atom. The maximum atomic E-state index is 14.2. The monoisotopic (exact) mass is 737 g/mol. The second kappa shape index (κ2) is 16.5. The summed E-state index contributed by atoms with van der Waals surface area (Å²) in [6.07, 6.45) is -3.42. The van der Waals surface area contributed by atoms with Gasteiger partial charge in [0.05, 0.1) is 48.6 Å². The molecule has 4 saturated heterocycles. The van der Waals surface area contributed by atoms with Crippen molar-refractivity contribution >= 4 is 5.97 Å². The van der Waals surface area contributed by atoms with E-state index in [0.717, 1.165) is 5.56 Å². The van der Waals surface area contributed by atoms with Crippen LogP contribution < -0.4 is 11.2 Å². The molecule has 5 N–H and O–H groups in total. The third kappa shape index (κ3) is 8.54. The standard InChI is InChI=1S/C39H64FN3O9/c1-11-30-39(8)34(41)22(4)32(51-39)20(2)18-38(7,46)35(50-37-31(44)29(43(9)10)16-21(3)48-37)23(5)33(24(6)36(45)49-30)47-19-27-17-28(42-52-27)25-12-14-26(40)15-13-25/h12-15,20-24,27-35,37,42,44,46H,11,16-19,41H2,1-10H3/t20-,21-,22-,23+,24-,27?,28?,29+,30+,31-,32-,33+,34+,35-,37?,38-,39?/m1/s1. The smallest absolute Gasteiger partial charge is 0.311 e. The van der Waals surface area contributed by atoms with E-state index >= 15 is 0 Å². The third-order valence-electron chi connectivity index (χ3n) is 12.4. The van der Waals surface area contributed by atoms with Crippen molar-refractivity contribution in [3.8, 4) is 0 Å². The van der Waals surface area contributed by atoms with E-state index in [4.69, 9.17) is 34.3 Å². The number of rotatable bonds is 8. The van der Waals surface area contributed by atoms with Crippen LogP contribution in [0, 0.1) is 29.5 Å². The lowest BCUT2D eigenvalue weighted by Crippen LogP contribution is -2.59. The first-order valence-electron chi connectivity index (χ1n) is 19.2.